The maximum atomic E-state index is 10.6. The Hall–Kier alpha value is -0.553. The zero-order chi connectivity index (χ0) is 9.61. The fraction of sp³-hybridized carbons (Fsp3) is 0.857. The van der Waals surface area contributed by atoms with Gasteiger partial charge in [-0.15, -0.1) is 0 Å². The van der Waals surface area contributed by atoms with Gasteiger partial charge in [0.15, 0.2) is 8.32 Å². The highest BCUT2D eigenvalue weighted by Crippen LogP contribution is 2.07. The largest absolute Gasteiger partial charge is 0.453 e. The highest BCUT2D eigenvalue weighted by atomic mass is 28.4. The van der Waals surface area contributed by atoms with Crippen LogP contribution in [-0.4, -0.2) is 35.2 Å². The molecule has 5 heteroatoms. The summed E-state index contributed by atoms with van der Waals surface area (Å²) in [5.74, 6) is 0. The van der Waals surface area contributed by atoms with E-state index in [-0.39, 0.29) is 6.09 Å². The van der Waals surface area contributed by atoms with Crippen LogP contribution in [0.3, 0.4) is 0 Å². The minimum atomic E-state index is -1.53. The Morgan fingerprint density at radius 3 is 2.42 bits per heavy atom. The van der Waals surface area contributed by atoms with Crippen molar-refractivity contribution >= 4 is 14.4 Å². The number of rotatable bonds is 4. The van der Waals surface area contributed by atoms with Crippen LogP contribution in [0.15, 0.2) is 0 Å². The molecule has 12 heavy (non-hydrogen) atoms. The smallest absolute Gasteiger partial charge is 0.406 e. The molecule has 0 saturated carbocycles. The van der Waals surface area contributed by atoms with E-state index in [1.807, 2.05) is 0 Å². The quantitative estimate of drug-likeness (QED) is 0.679. The monoisotopic (exact) mass is 191 g/mol. The first-order chi connectivity index (χ1) is 5.52. The number of carbonyl (C=O) groups is 1. The summed E-state index contributed by atoms with van der Waals surface area (Å²) < 4.78 is 9.72. The molecule has 0 radical (unpaired) electrons. The van der Waals surface area contributed by atoms with Crippen molar-refractivity contribution < 1.29 is 14.0 Å². The van der Waals surface area contributed by atoms with Crippen LogP contribution in [0.5, 0.6) is 0 Å². The summed E-state index contributed by atoms with van der Waals surface area (Å²) in [6, 6.07) is 0.901. The molecule has 0 spiro atoms. The van der Waals surface area contributed by atoms with E-state index < -0.39 is 8.32 Å². The number of hydrogen-bond donors (Lipinski definition) is 1. The predicted octanol–water partition coefficient (Wildman–Crippen LogP) is 1.19. The lowest BCUT2D eigenvalue weighted by molar-refractivity contribution is 0.171. The van der Waals surface area contributed by atoms with Gasteiger partial charge in [0.2, 0.25) is 0 Å². The van der Waals surface area contributed by atoms with Gasteiger partial charge in [-0.2, -0.15) is 0 Å². The zero-order valence-corrected chi connectivity index (χ0v) is 9.14. The molecule has 0 aliphatic heterocycles. The van der Waals surface area contributed by atoms with E-state index in [2.05, 4.69) is 23.1 Å². The predicted molar refractivity (Wildman–Crippen MR) is 49.7 cm³/mol. The molecule has 0 heterocycles. The minimum Gasteiger partial charge on any atom is -0.453 e. The van der Waals surface area contributed by atoms with Gasteiger partial charge in [-0.25, -0.2) is 4.79 Å². The summed E-state index contributed by atoms with van der Waals surface area (Å²) in [7, 11) is 1.54. The fourth-order valence-corrected chi connectivity index (χ4v) is 1.57. The van der Waals surface area contributed by atoms with Gasteiger partial charge < -0.3 is 14.5 Å². The Bertz CT molecular complexity index is 150. The third-order valence-corrected chi connectivity index (χ3v) is 4.29. The molecule has 1 amide bonds. The van der Waals surface area contributed by atoms with Gasteiger partial charge in [-0.1, -0.05) is 0 Å². The topological polar surface area (TPSA) is 47.6 Å². The first-order valence-electron chi connectivity index (χ1n) is 3.89. The van der Waals surface area contributed by atoms with E-state index in [0.29, 0.717) is 6.54 Å². The van der Waals surface area contributed by atoms with Gasteiger partial charge in [-0.05, 0) is 19.1 Å². The van der Waals surface area contributed by atoms with E-state index in [1.165, 1.54) is 7.11 Å². The van der Waals surface area contributed by atoms with Gasteiger partial charge in [0.05, 0.1) is 7.11 Å². The number of hydrogen-bond acceptors (Lipinski definition) is 3. The van der Waals surface area contributed by atoms with Crippen LogP contribution in [0, 0.1) is 0 Å². The highest BCUT2D eigenvalue weighted by Gasteiger charge is 2.19. The van der Waals surface area contributed by atoms with Crippen LogP contribution in [0.1, 0.15) is 0 Å². The standard InChI is InChI=1S/C7H17NO3Si/c1-10-7(9)8-5-6-12(3,4)11-2/h5-6H2,1-4H3,(H,8,9). The summed E-state index contributed by atoms with van der Waals surface area (Å²) >= 11 is 0. The van der Waals surface area contributed by atoms with Crippen molar-refractivity contribution in [2.24, 2.45) is 0 Å². The normalized spacial score (nSPS) is 11.0. The number of nitrogens with one attached hydrogen (secondary N) is 1. The zero-order valence-electron chi connectivity index (χ0n) is 8.14. The molecule has 0 aliphatic rings. The van der Waals surface area contributed by atoms with Crippen LogP contribution in [0.2, 0.25) is 19.1 Å². The second-order valence-electron chi connectivity index (χ2n) is 3.13. The molecule has 72 valence electrons. The van der Waals surface area contributed by atoms with Crippen LogP contribution < -0.4 is 5.32 Å². The van der Waals surface area contributed by atoms with Crippen molar-refractivity contribution in [3.63, 3.8) is 0 Å². The van der Waals surface area contributed by atoms with E-state index in [0.717, 1.165) is 6.04 Å². The summed E-state index contributed by atoms with van der Waals surface area (Å²) in [6.07, 6.45) is -0.379. The Morgan fingerprint density at radius 2 is 2.00 bits per heavy atom. The number of methoxy groups -OCH3 is 1. The molecule has 0 saturated heterocycles. The van der Waals surface area contributed by atoms with Crippen LogP contribution in [0.4, 0.5) is 4.79 Å². The Morgan fingerprint density at radius 1 is 1.42 bits per heavy atom. The Balaban J connectivity index is 3.49. The van der Waals surface area contributed by atoms with Gasteiger partial charge in [0, 0.05) is 13.7 Å². The number of amides is 1. The van der Waals surface area contributed by atoms with E-state index in [1.54, 1.807) is 7.11 Å². The second kappa shape index (κ2) is 5.16. The average Bonchev–Trinajstić information content (AvgIpc) is 2.04. The van der Waals surface area contributed by atoms with Crippen molar-refractivity contribution in [2.45, 2.75) is 19.1 Å². The van der Waals surface area contributed by atoms with Crippen molar-refractivity contribution in [3.05, 3.63) is 0 Å². The molecule has 0 aliphatic carbocycles. The third kappa shape index (κ3) is 5.14. The second-order valence-corrected chi connectivity index (χ2v) is 7.56. The first kappa shape index (κ1) is 11.4. The maximum Gasteiger partial charge on any atom is 0.406 e. The van der Waals surface area contributed by atoms with Crippen molar-refractivity contribution in [1.82, 2.24) is 5.32 Å². The molecule has 0 atom stereocenters. The molecular formula is C7H17NO3Si. The highest BCUT2D eigenvalue weighted by molar-refractivity contribution is 6.71. The maximum absolute atomic E-state index is 10.6. The van der Waals surface area contributed by atoms with E-state index in [9.17, 15) is 4.79 Å². The van der Waals surface area contributed by atoms with E-state index in [4.69, 9.17) is 4.43 Å². The van der Waals surface area contributed by atoms with Gasteiger partial charge in [0.1, 0.15) is 0 Å². The lowest BCUT2D eigenvalue weighted by atomic mass is 10.7. The number of ether oxygens (including phenoxy) is 1. The lowest BCUT2D eigenvalue weighted by Crippen LogP contribution is -2.35. The summed E-state index contributed by atoms with van der Waals surface area (Å²) in [5, 5.41) is 2.62. The Labute approximate surface area is 74.4 Å². The molecule has 4 nitrogen and oxygen atoms in total. The van der Waals surface area contributed by atoms with Gasteiger partial charge in [-0.3, -0.25) is 0 Å². The van der Waals surface area contributed by atoms with Crippen LogP contribution in [0.25, 0.3) is 0 Å². The van der Waals surface area contributed by atoms with E-state index >= 15 is 0 Å². The van der Waals surface area contributed by atoms with Crippen molar-refractivity contribution in [2.75, 3.05) is 20.8 Å². The summed E-state index contributed by atoms with van der Waals surface area (Å²) in [6.45, 7) is 4.83. The summed E-state index contributed by atoms with van der Waals surface area (Å²) in [5.41, 5.74) is 0. The number of carbonyl (C=O) groups excluding carboxylic acids is 1. The summed E-state index contributed by atoms with van der Waals surface area (Å²) in [4.78, 5) is 10.6. The fourth-order valence-electron chi connectivity index (χ4n) is 0.640. The SMILES string of the molecule is COC(=O)NCC[Si](C)(C)OC. The van der Waals surface area contributed by atoms with Gasteiger partial charge in [0.25, 0.3) is 0 Å². The molecule has 1 N–H and O–H groups in total. The van der Waals surface area contributed by atoms with Crippen molar-refractivity contribution in [1.29, 1.82) is 0 Å². The van der Waals surface area contributed by atoms with Crippen LogP contribution in [-0.2, 0) is 9.16 Å². The van der Waals surface area contributed by atoms with Crippen molar-refractivity contribution in [3.8, 4) is 0 Å². The third-order valence-electron chi connectivity index (χ3n) is 1.73. The molecule has 0 bridgehead atoms. The lowest BCUT2D eigenvalue weighted by Gasteiger charge is -2.19. The molecule has 0 fully saturated rings. The molecular weight excluding hydrogens is 174 g/mol. The number of alkyl carbamates (subject to hydrolysis) is 1. The molecule has 0 aromatic rings. The molecule has 0 aromatic heterocycles. The van der Waals surface area contributed by atoms with Gasteiger partial charge >= 0.3 is 6.09 Å². The molecule has 0 rings (SSSR count). The Kier molecular flexibility index (Phi) is 4.92. The molecule has 0 unspecified atom stereocenters. The van der Waals surface area contributed by atoms with Crippen LogP contribution >= 0.6 is 0 Å². The molecule has 0 aromatic carbocycles. The first-order valence-corrected chi connectivity index (χ1v) is 7.00. The minimum absolute atomic E-state index is 0.379. The average molecular weight is 191 g/mol.